The van der Waals surface area contributed by atoms with Crippen LogP contribution in [-0.4, -0.2) is 11.2 Å². The van der Waals surface area contributed by atoms with Crippen LogP contribution in [0.5, 0.6) is 0 Å². The first-order chi connectivity index (χ1) is 13.4. The predicted molar refractivity (Wildman–Crippen MR) is 120 cm³/mol. The number of aliphatic imine (C=N–C) groups is 1. The maximum Gasteiger partial charge on any atom is 0.227 e. The molecule has 0 saturated carbocycles. The van der Waals surface area contributed by atoms with Gasteiger partial charge in [-0.1, -0.05) is 61.0 Å². The molecule has 0 N–H and O–H groups in total. The Labute approximate surface area is 173 Å². The molecule has 0 atom stereocenters. The van der Waals surface area contributed by atoms with E-state index < -0.39 is 0 Å². The van der Waals surface area contributed by atoms with E-state index in [9.17, 15) is 0 Å². The molecule has 0 amide bonds. The van der Waals surface area contributed by atoms with Crippen LogP contribution < -0.4 is 0 Å². The highest BCUT2D eigenvalue weighted by atomic mass is 79.9. The zero-order valence-corrected chi connectivity index (χ0v) is 17.7. The van der Waals surface area contributed by atoms with E-state index in [2.05, 4.69) is 70.9 Å². The zero-order valence-electron chi connectivity index (χ0n) is 16.1. The van der Waals surface area contributed by atoms with Crippen LogP contribution in [0.25, 0.3) is 22.6 Å². The van der Waals surface area contributed by atoms with Crippen LogP contribution in [0.4, 0.5) is 5.69 Å². The molecule has 0 saturated heterocycles. The SMILES string of the molecule is CC(C)(C)c1ccc(-c2nc3cc(N=Cc4ccc(Br)cc4)ccc3o2)cc1. The summed E-state index contributed by atoms with van der Waals surface area (Å²) in [7, 11) is 0. The molecule has 4 aromatic rings. The molecule has 0 bridgehead atoms. The Hall–Kier alpha value is -2.72. The molecule has 4 heteroatoms. The van der Waals surface area contributed by atoms with Crippen molar-refractivity contribution in [2.24, 2.45) is 4.99 Å². The topological polar surface area (TPSA) is 38.4 Å². The quantitative estimate of drug-likeness (QED) is 0.318. The van der Waals surface area contributed by atoms with Crippen molar-refractivity contribution in [1.29, 1.82) is 0 Å². The fourth-order valence-corrected chi connectivity index (χ4v) is 3.19. The van der Waals surface area contributed by atoms with Gasteiger partial charge in [0.15, 0.2) is 5.58 Å². The molecule has 140 valence electrons. The minimum absolute atomic E-state index is 0.127. The van der Waals surface area contributed by atoms with E-state index in [-0.39, 0.29) is 5.41 Å². The summed E-state index contributed by atoms with van der Waals surface area (Å²) < 4.78 is 6.99. The van der Waals surface area contributed by atoms with Gasteiger partial charge in [0.25, 0.3) is 0 Å². The van der Waals surface area contributed by atoms with E-state index in [4.69, 9.17) is 4.42 Å². The first kappa shape index (κ1) is 18.6. The van der Waals surface area contributed by atoms with Crippen LogP contribution in [0, 0.1) is 0 Å². The van der Waals surface area contributed by atoms with E-state index in [1.807, 2.05) is 48.7 Å². The van der Waals surface area contributed by atoms with Crippen molar-refractivity contribution in [1.82, 2.24) is 4.98 Å². The number of halogens is 1. The van der Waals surface area contributed by atoms with E-state index in [1.165, 1.54) is 5.56 Å². The summed E-state index contributed by atoms with van der Waals surface area (Å²) in [5, 5.41) is 0. The van der Waals surface area contributed by atoms with Crippen molar-refractivity contribution in [3.63, 3.8) is 0 Å². The Kier molecular flexibility index (Phi) is 4.90. The summed E-state index contributed by atoms with van der Waals surface area (Å²) in [6, 6.07) is 22.2. The van der Waals surface area contributed by atoms with Crippen molar-refractivity contribution >= 4 is 38.9 Å². The molecule has 28 heavy (non-hydrogen) atoms. The van der Waals surface area contributed by atoms with E-state index >= 15 is 0 Å². The Morgan fingerprint density at radius 3 is 2.32 bits per heavy atom. The van der Waals surface area contributed by atoms with Gasteiger partial charge in [0, 0.05) is 16.3 Å². The first-order valence-corrected chi connectivity index (χ1v) is 9.99. The highest BCUT2D eigenvalue weighted by Gasteiger charge is 2.14. The second-order valence-electron chi connectivity index (χ2n) is 7.81. The number of benzene rings is 3. The molecular formula is C24H21BrN2O. The van der Waals surface area contributed by atoms with Gasteiger partial charge in [-0.25, -0.2) is 4.98 Å². The summed E-state index contributed by atoms with van der Waals surface area (Å²) >= 11 is 3.44. The van der Waals surface area contributed by atoms with Crippen molar-refractivity contribution in [2.45, 2.75) is 26.2 Å². The number of hydrogen-bond acceptors (Lipinski definition) is 3. The third kappa shape index (κ3) is 4.07. The molecule has 0 radical (unpaired) electrons. The van der Waals surface area contributed by atoms with E-state index in [0.717, 1.165) is 32.4 Å². The van der Waals surface area contributed by atoms with Crippen LogP contribution in [0.1, 0.15) is 31.9 Å². The summed E-state index contributed by atoms with van der Waals surface area (Å²) in [5.41, 5.74) is 5.85. The van der Waals surface area contributed by atoms with Gasteiger partial charge in [-0.3, -0.25) is 4.99 Å². The second kappa shape index (κ2) is 7.36. The molecule has 0 spiro atoms. The van der Waals surface area contributed by atoms with Crippen molar-refractivity contribution in [3.8, 4) is 11.5 Å². The molecule has 0 aliphatic rings. The predicted octanol–water partition coefficient (Wildman–Crippen LogP) is 7.31. The number of rotatable bonds is 3. The first-order valence-electron chi connectivity index (χ1n) is 9.20. The number of aromatic nitrogens is 1. The number of oxazole rings is 1. The van der Waals surface area contributed by atoms with Gasteiger partial charge >= 0.3 is 0 Å². The molecule has 4 rings (SSSR count). The number of hydrogen-bond donors (Lipinski definition) is 0. The molecule has 0 fully saturated rings. The lowest BCUT2D eigenvalue weighted by molar-refractivity contribution is 0.589. The highest BCUT2D eigenvalue weighted by molar-refractivity contribution is 9.10. The molecule has 0 unspecified atom stereocenters. The van der Waals surface area contributed by atoms with Gasteiger partial charge in [0.1, 0.15) is 5.52 Å². The lowest BCUT2D eigenvalue weighted by Crippen LogP contribution is -2.10. The van der Waals surface area contributed by atoms with Gasteiger partial charge in [-0.2, -0.15) is 0 Å². The van der Waals surface area contributed by atoms with Gasteiger partial charge < -0.3 is 4.42 Å². The van der Waals surface area contributed by atoms with Gasteiger partial charge in [0.2, 0.25) is 5.89 Å². The standard InChI is InChI=1S/C24H21BrN2O/c1-24(2,3)18-8-6-17(7-9-18)23-27-21-14-20(12-13-22(21)28-23)26-15-16-4-10-19(25)11-5-16/h4-15H,1-3H3. The number of nitrogens with zero attached hydrogens (tertiary/aromatic N) is 2. The summed E-state index contributed by atoms with van der Waals surface area (Å²) in [6.45, 7) is 6.62. The average Bonchev–Trinajstić information content (AvgIpc) is 3.10. The monoisotopic (exact) mass is 432 g/mol. The molecule has 0 aliphatic heterocycles. The Balaban J connectivity index is 1.60. The average molecular weight is 433 g/mol. The zero-order chi connectivity index (χ0) is 19.7. The summed E-state index contributed by atoms with van der Waals surface area (Å²) in [5.74, 6) is 0.629. The van der Waals surface area contributed by atoms with Crippen molar-refractivity contribution in [2.75, 3.05) is 0 Å². The molecule has 3 aromatic carbocycles. The Morgan fingerprint density at radius 1 is 0.929 bits per heavy atom. The van der Waals surface area contributed by atoms with Crippen LogP contribution in [-0.2, 0) is 5.41 Å². The summed E-state index contributed by atoms with van der Waals surface area (Å²) in [4.78, 5) is 9.21. The van der Waals surface area contributed by atoms with E-state index in [0.29, 0.717) is 5.89 Å². The third-order valence-corrected chi connectivity index (χ3v) is 5.13. The fraction of sp³-hybridized carbons (Fsp3) is 0.167. The minimum atomic E-state index is 0.127. The maximum atomic E-state index is 5.94. The minimum Gasteiger partial charge on any atom is -0.436 e. The molecule has 0 aliphatic carbocycles. The van der Waals surface area contributed by atoms with Gasteiger partial charge in [0.05, 0.1) is 5.69 Å². The van der Waals surface area contributed by atoms with Gasteiger partial charge in [-0.15, -0.1) is 0 Å². The maximum absolute atomic E-state index is 5.94. The normalized spacial score (nSPS) is 12.1. The largest absolute Gasteiger partial charge is 0.436 e. The number of fused-ring (bicyclic) bond motifs is 1. The molecular weight excluding hydrogens is 412 g/mol. The van der Waals surface area contributed by atoms with E-state index in [1.54, 1.807) is 0 Å². The smallest absolute Gasteiger partial charge is 0.227 e. The second-order valence-corrected chi connectivity index (χ2v) is 8.72. The van der Waals surface area contributed by atoms with Crippen LogP contribution in [0.2, 0.25) is 0 Å². The lowest BCUT2D eigenvalue weighted by Gasteiger charge is -2.18. The molecule has 1 aromatic heterocycles. The Morgan fingerprint density at radius 2 is 1.64 bits per heavy atom. The van der Waals surface area contributed by atoms with Crippen LogP contribution in [0.3, 0.4) is 0 Å². The molecule has 1 heterocycles. The van der Waals surface area contributed by atoms with Crippen LogP contribution >= 0.6 is 15.9 Å². The van der Waals surface area contributed by atoms with Crippen molar-refractivity contribution < 1.29 is 4.42 Å². The van der Waals surface area contributed by atoms with Crippen molar-refractivity contribution in [3.05, 3.63) is 82.3 Å². The van der Waals surface area contributed by atoms with Crippen LogP contribution in [0.15, 0.2) is 80.6 Å². The summed E-state index contributed by atoms with van der Waals surface area (Å²) in [6.07, 6.45) is 1.85. The third-order valence-electron chi connectivity index (χ3n) is 4.60. The fourth-order valence-electron chi connectivity index (χ4n) is 2.93. The highest BCUT2D eigenvalue weighted by Crippen LogP contribution is 2.29. The Bertz CT molecular complexity index is 1130. The van der Waals surface area contributed by atoms with Gasteiger partial charge in [-0.05, 0) is 59.0 Å². The lowest BCUT2D eigenvalue weighted by atomic mass is 9.87. The molecule has 3 nitrogen and oxygen atoms in total.